The summed E-state index contributed by atoms with van der Waals surface area (Å²) >= 11 is 0. The van der Waals surface area contributed by atoms with Crippen molar-refractivity contribution in [2.75, 3.05) is 27.2 Å². The lowest BCUT2D eigenvalue weighted by Crippen LogP contribution is -2.51. The summed E-state index contributed by atoms with van der Waals surface area (Å²) in [4.78, 5) is 14.4. The Labute approximate surface area is 93.2 Å². The van der Waals surface area contributed by atoms with Gasteiger partial charge in [0, 0.05) is 5.92 Å². The molecular formula is C12H24N2O. The van der Waals surface area contributed by atoms with Crippen molar-refractivity contribution in [1.29, 1.82) is 0 Å². The molecule has 0 amide bonds. The molecule has 0 spiro atoms. The molecule has 0 radical (unpaired) electrons. The van der Waals surface area contributed by atoms with E-state index in [1.807, 2.05) is 20.9 Å². The summed E-state index contributed by atoms with van der Waals surface area (Å²) in [6.07, 6.45) is 2.39. The number of ketones is 1. The summed E-state index contributed by atoms with van der Waals surface area (Å²) in [5.41, 5.74) is 0. The minimum Gasteiger partial charge on any atom is -0.319 e. The van der Waals surface area contributed by atoms with E-state index in [0.29, 0.717) is 11.7 Å². The zero-order valence-electron chi connectivity index (χ0n) is 10.4. The highest BCUT2D eigenvalue weighted by Gasteiger charge is 2.34. The van der Waals surface area contributed by atoms with Crippen molar-refractivity contribution in [3.8, 4) is 0 Å². The summed E-state index contributed by atoms with van der Waals surface area (Å²) in [6, 6.07) is 0.131. The molecule has 1 fully saturated rings. The Bertz CT molecular complexity index is 214. The number of hydrogen-bond acceptors (Lipinski definition) is 3. The molecule has 1 N–H and O–H groups in total. The highest BCUT2D eigenvalue weighted by atomic mass is 16.1. The maximum atomic E-state index is 12.1. The minimum atomic E-state index is 0.131. The van der Waals surface area contributed by atoms with E-state index >= 15 is 0 Å². The van der Waals surface area contributed by atoms with Crippen molar-refractivity contribution in [2.24, 2.45) is 11.8 Å². The SMILES string of the molecule is CNCC1CCCN(C)C1C(=O)C(C)C. The molecule has 2 unspecified atom stereocenters. The smallest absolute Gasteiger partial charge is 0.152 e. The number of likely N-dealkylation sites (N-methyl/N-ethyl adjacent to an activating group) is 1. The zero-order chi connectivity index (χ0) is 11.4. The van der Waals surface area contributed by atoms with Gasteiger partial charge in [-0.3, -0.25) is 9.69 Å². The van der Waals surface area contributed by atoms with Gasteiger partial charge in [-0.1, -0.05) is 13.8 Å². The maximum absolute atomic E-state index is 12.1. The van der Waals surface area contributed by atoms with Gasteiger partial charge in [0.15, 0.2) is 5.78 Å². The van der Waals surface area contributed by atoms with Gasteiger partial charge < -0.3 is 5.32 Å². The van der Waals surface area contributed by atoms with Crippen LogP contribution >= 0.6 is 0 Å². The summed E-state index contributed by atoms with van der Waals surface area (Å²) in [5.74, 6) is 1.04. The number of hydrogen-bond donors (Lipinski definition) is 1. The Morgan fingerprint density at radius 1 is 1.53 bits per heavy atom. The van der Waals surface area contributed by atoms with Gasteiger partial charge in [0.05, 0.1) is 6.04 Å². The van der Waals surface area contributed by atoms with Crippen LogP contribution in [0.15, 0.2) is 0 Å². The third-order valence-corrected chi connectivity index (χ3v) is 3.33. The Hall–Kier alpha value is -0.410. The lowest BCUT2D eigenvalue weighted by atomic mass is 9.83. The highest BCUT2D eigenvalue weighted by Crippen LogP contribution is 2.24. The van der Waals surface area contributed by atoms with Gasteiger partial charge in [0.25, 0.3) is 0 Å². The van der Waals surface area contributed by atoms with Gasteiger partial charge in [-0.05, 0) is 45.9 Å². The largest absolute Gasteiger partial charge is 0.319 e. The minimum absolute atomic E-state index is 0.131. The van der Waals surface area contributed by atoms with Crippen molar-refractivity contribution in [3.63, 3.8) is 0 Å². The van der Waals surface area contributed by atoms with E-state index in [9.17, 15) is 4.79 Å². The van der Waals surface area contributed by atoms with Gasteiger partial charge in [0.2, 0.25) is 0 Å². The Morgan fingerprint density at radius 3 is 2.73 bits per heavy atom. The average molecular weight is 212 g/mol. The molecule has 88 valence electrons. The van der Waals surface area contributed by atoms with Gasteiger partial charge in [0.1, 0.15) is 0 Å². The highest BCUT2D eigenvalue weighted by molar-refractivity contribution is 5.86. The average Bonchev–Trinajstić information content (AvgIpc) is 2.17. The lowest BCUT2D eigenvalue weighted by Gasteiger charge is -2.39. The molecule has 0 aromatic heterocycles. The zero-order valence-corrected chi connectivity index (χ0v) is 10.4. The first-order valence-electron chi connectivity index (χ1n) is 5.96. The van der Waals surface area contributed by atoms with Crippen LogP contribution in [0.4, 0.5) is 0 Å². The molecule has 1 saturated heterocycles. The quantitative estimate of drug-likeness (QED) is 0.758. The van der Waals surface area contributed by atoms with E-state index in [4.69, 9.17) is 0 Å². The van der Waals surface area contributed by atoms with E-state index in [0.717, 1.165) is 13.1 Å². The first-order chi connectivity index (χ1) is 7.07. The Morgan fingerprint density at radius 2 is 2.20 bits per heavy atom. The summed E-state index contributed by atoms with van der Waals surface area (Å²) < 4.78 is 0. The van der Waals surface area contributed by atoms with Crippen LogP contribution in [0.1, 0.15) is 26.7 Å². The van der Waals surface area contributed by atoms with Crippen molar-refractivity contribution in [2.45, 2.75) is 32.7 Å². The van der Waals surface area contributed by atoms with Crippen LogP contribution in [0.25, 0.3) is 0 Å². The number of likely N-dealkylation sites (tertiary alicyclic amines) is 1. The monoisotopic (exact) mass is 212 g/mol. The molecule has 0 saturated carbocycles. The van der Waals surface area contributed by atoms with Crippen LogP contribution < -0.4 is 5.32 Å². The van der Waals surface area contributed by atoms with E-state index in [-0.39, 0.29) is 12.0 Å². The van der Waals surface area contributed by atoms with Crippen LogP contribution in [0.5, 0.6) is 0 Å². The summed E-state index contributed by atoms with van der Waals surface area (Å²) in [7, 11) is 4.04. The fourth-order valence-electron chi connectivity index (χ4n) is 2.53. The number of carbonyl (C=O) groups is 1. The molecule has 3 nitrogen and oxygen atoms in total. The van der Waals surface area contributed by atoms with E-state index < -0.39 is 0 Å². The van der Waals surface area contributed by atoms with Crippen LogP contribution in [-0.4, -0.2) is 43.9 Å². The van der Waals surface area contributed by atoms with E-state index in [1.165, 1.54) is 12.8 Å². The number of Topliss-reactive ketones (excluding diaryl/α,β-unsaturated/α-hetero) is 1. The number of rotatable bonds is 4. The molecule has 15 heavy (non-hydrogen) atoms. The van der Waals surface area contributed by atoms with Crippen LogP contribution in [-0.2, 0) is 4.79 Å². The van der Waals surface area contributed by atoms with Crippen molar-refractivity contribution < 1.29 is 4.79 Å². The van der Waals surface area contributed by atoms with Crippen LogP contribution in [0, 0.1) is 11.8 Å². The molecule has 0 aromatic carbocycles. The molecule has 1 aliphatic heterocycles. The molecule has 0 bridgehead atoms. The first kappa shape index (κ1) is 12.7. The Kier molecular flexibility index (Phi) is 4.74. The number of piperidine rings is 1. The molecule has 1 heterocycles. The van der Waals surface area contributed by atoms with Crippen molar-refractivity contribution in [3.05, 3.63) is 0 Å². The normalized spacial score (nSPS) is 28.3. The second-order valence-electron chi connectivity index (χ2n) is 4.94. The third-order valence-electron chi connectivity index (χ3n) is 3.33. The topological polar surface area (TPSA) is 32.3 Å². The standard InChI is InChI=1S/C12H24N2O/c1-9(2)12(15)11-10(8-13-3)6-5-7-14(11)4/h9-11,13H,5-8H2,1-4H3. The predicted octanol–water partition coefficient (Wildman–Crippen LogP) is 1.14. The molecule has 0 aliphatic carbocycles. The molecular weight excluding hydrogens is 188 g/mol. The predicted molar refractivity (Wildman–Crippen MR) is 62.9 cm³/mol. The van der Waals surface area contributed by atoms with Gasteiger partial charge in [-0.25, -0.2) is 0 Å². The fourth-order valence-corrected chi connectivity index (χ4v) is 2.53. The fraction of sp³-hybridized carbons (Fsp3) is 0.917. The van der Waals surface area contributed by atoms with E-state index in [2.05, 4.69) is 17.3 Å². The van der Waals surface area contributed by atoms with E-state index in [1.54, 1.807) is 0 Å². The third kappa shape index (κ3) is 3.02. The number of carbonyl (C=O) groups excluding carboxylic acids is 1. The lowest BCUT2D eigenvalue weighted by molar-refractivity contribution is -0.130. The van der Waals surface area contributed by atoms with Gasteiger partial charge >= 0.3 is 0 Å². The molecule has 1 aliphatic rings. The summed E-state index contributed by atoms with van der Waals surface area (Å²) in [6.45, 7) is 6.01. The molecule has 0 aromatic rings. The second-order valence-corrected chi connectivity index (χ2v) is 4.94. The second kappa shape index (κ2) is 5.61. The van der Waals surface area contributed by atoms with Gasteiger partial charge in [-0.2, -0.15) is 0 Å². The summed E-state index contributed by atoms with van der Waals surface area (Å²) in [5, 5.41) is 3.20. The van der Waals surface area contributed by atoms with Gasteiger partial charge in [-0.15, -0.1) is 0 Å². The Balaban J connectivity index is 2.72. The van der Waals surface area contributed by atoms with Crippen molar-refractivity contribution in [1.82, 2.24) is 10.2 Å². The number of nitrogens with one attached hydrogen (secondary N) is 1. The first-order valence-corrected chi connectivity index (χ1v) is 5.96. The molecule has 2 atom stereocenters. The van der Waals surface area contributed by atoms with Crippen molar-refractivity contribution >= 4 is 5.78 Å². The van der Waals surface area contributed by atoms with Crippen LogP contribution in [0.2, 0.25) is 0 Å². The number of nitrogens with zero attached hydrogens (tertiary/aromatic N) is 1. The maximum Gasteiger partial charge on any atom is 0.152 e. The molecule has 1 rings (SSSR count). The molecule has 3 heteroatoms. The van der Waals surface area contributed by atoms with Crippen LogP contribution in [0.3, 0.4) is 0 Å².